The molecule has 0 saturated carbocycles. The van der Waals surface area contributed by atoms with Gasteiger partial charge >= 0.3 is 0 Å². The Kier molecular flexibility index (Phi) is 2.97. The first kappa shape index (κ1) is 11.8. The van der Waals surface area contributed by atoms with Crippen molar-refractivity contribution in [1.82, 2.24) is 20.2 Å². The average Bonchev–Trinajstić information content (AvgIpc) is 2.28. The Labute approximate surface area is 99.1 Å². The van der Waals surface area contributed by atoms with Gasteiger partial charge in [0.1, 0.15) is 5.69 Å². The van der Waals surface area contributed by atoms with Gasteiger partial charge in [0.15, 0.2) is 0 Å². The lowest BCUT2D eigenvalue weighted by atomic mass is 10.00. The Balaban J connectivity index is 2.24. The predicted octanol–water partition coefficient (Wildman–Crippen LogP) is -0.406. The summed E-state index contributed by atoms with van der Waals surface area (Å²) in [6.07, 6.45) is 2.49. The van der Waals surface area contributed by atoms with Gasteiger partial charge in [-0.05, 0) is 13.8 Å². The van der Waals surface area contributed by atoms with Crippen molar-refractivity contribution in [3.63, 3.8) is 0 Å². The van der Waals surface area contributed by atoms with Crippen LogP contribution in [0.2, 0.25) is 0 Å². The molecule has 17 heavy (non-hydrogen) atoms. The summed E-state index contributed by atoms with van der Waals surface area (Å²) in [6, 6.07) is 0. The molecule has 1 aromatic rings. The highest BCUT2D eigenvalue weighted by Crippen LogP contribution is 2.18. The van der Waals surface area contributed by atoms with Crippen LogP contribution in [-0.4, -0.2) is 45.9 Å². The van der Waals surface area contributed by atoms with Gasteiger partial charge in [0.2, 0.25) is 0 Å². The number of amides is 1. The van der Waals surface area contributed by atoms with Crippen LogP contribution in [0.15, 0.2) is 17.2 Å². The van der Waals surface area contributed by atoms with Crippen molar-refractivity contribution in [2.24, 2.45) is 0 Å². The minimum atomic E-state index is -0.305. The quantitative estimate of drug-likeness (QED) is 0.695. The van der Waals surface area contributed by atoms with Crippen LogP contribution < -0.4 is 10.9 Å². The second-order valence-corrected chi connectivity index (χ2v) is 4.74. The van der Waals surface area contributed by atoms with Gasteiger partial charge in [-0.2, -0.15) is 0 Å². The van der Waals surface area contributed by atoms with Crippen molar-refractivity contribution in [3.8, 4) is 0 Å². The lowest BCUT2D eigenvalue weighted by Crippen LogP contribution is -2.60. The number of aromatic nitrogens is 2. The van der Waals surface area contributed by atoms with Gasteiger partial charge in [0.25, 0.3) is 11.5 Å². The molecule has 0 spiro atoms. The summed E-state index contributed by atoms with van der Waals surface area (Å²) < 4.78 is 0. The molecule has 6 heteroatoms. The van der Waals surface area contributed by atoms with Crippen LogP contribution in [-0.2, 0) is 0 Å². The molecule has 92 valence electrons. The molecule has 2 heterocycles. The number of aromatic amines is 1. The molecule has 2 N–H and O–H groups in total. The first-order valence-electron chi connectivity index (χ1n) is 5.58. The lowest BCUT2D eigenvalue weighted by molar-refractivity contribution is 0.0471. The molecule has 6 nitrogen and oxygen atoms in total. The van der Waals surface area contributed by atoms with Gasteiger partial charge in [0, 0.05) is 25.8 Å². The first-order chi connectivity index (χ1) is 8.00. The number of hydrogen-bond donors (Lipinski definition) is 2. The number of rotatable bonds is 1. The number of H-pyrrole nitrogens is 1. The van der Waals surface area contributed by atoms with Gasteiger partial charge in [-0.15, -0.1) is 0 Å². The number of nitrogens with one attached hydrogen (secondary N) is 2. The van der Waals surface area contributed by atoms with Crippen molar-refractivity contribution in [2.45, 2.75) is 19.4 Å². The van der Waals surface area contributed by atoms with Gasteiger partial charge < -0.3 is 15.2 Å². The Hall–Kier alpha value is -1.69. The van der Waals surface area contributed by atoms with E-state index in [1.54, 1.807) is 4.90 Å². The molecule has 0 atom stereocenters. The zero-order valence-electron chi connectivity index (χ0n) is 9.99. The van der Waals surface area contributed by atoms with Crippen molar-refractivity contribution in [2.75, 3.05) is 19.6 Å². The van der Waals surface area contributed by atoms with Crippen molar-refractivity contribution in [3.05, 3.63) is 28.4 Å². The minimum absolute atomic E-state index is 0.146. The van der Waals surface area contributed by atoms with Crippen LogP contribution in [0.4, 0.5) is 0 Å². The van der Waals surface area contributed by atoms with Crippen molar-refractivity contribution in [1.29, 1.82) is 0 Å². The number of carbonyl (C=O) groups is 1. The van der Waals surface area contributed by atoms with E-state index < -0.39 is 0 Å². The molecule has 0 bridgehead atoms. The number of nitrogens with zero attached hydrogens (tertiary/aromatic N) is 2. The maximum Gasteiger partial charge on any atom is 0.274 e. The van der Waals surface area contributed by atoms with Crippen molar-refractivity contribution >= 4 is 5.91 Å². The summed E-state index contributed by atoms with van der Waals surface area (Å²) >= 11 is 0. The summed E-state index contributed by atoms with van der Waals surface area (Å²) in [5.41, 5.74) is -0.270. The fourth-order valence-corrected chi connectivity index (χ4v) is 1.96. The summed E-state index contributed by atoms with van der Waals surface area (Å²) in [6.45, 7) is 6.18. The maximum atomic E-state index is 12.2. The molecule has 0 aliphatic carbocycles. The fourth-order valence-electron chi connectivity index (χ4n) is 1.96. The molecule has 1 fully saturated rings. The van der Waals surface area contributed by atoms with E-state index in [4.69, 9.17) is 0 Å². The smallest absolute Gasteiger partial charge is 0.274 e. The molecule has 1 aliphatic heterocycles. The van der Waals surface area contributed by atoms with Crippen LogP contribution in [0, 0.1) is 0 Å². The first-order valence-corrected chi connectivity index (χ1v) is 5.58. The average molecular weight is 236 g/mol. The predicted molar refractivity (Wildman–Crippen MR) is 62.8 cm³/mol. The summed E-state index contributed by atoms with van der Waals surface area (Å²) in [5, 5.41) is 3.25. The molecule has 0 radical (unpaired) electrons. The zero-order valence-corrected chi connectivity index (χ0v) is 9.99. The molecule has 1 saturated heterocycles. The monoisotopic (exact) mass is 236 g/mol. The van der Waals surface area contributed by atoms with E-state index in [-0.39, 0.29) is 22.7 Å². The molecular formula is C11H16N4O2. The highest BCUT2D eigenvalue weighted by molar-refractivity contribution is 5.92. The largest absolute Gasteiger partial charge is 0.330 e. The van der Waals surface area contributed by atoms with E-state index in [9.17, 15) is 9.59 Å². The van der Waals surface area contributed by atoms with Crippen LogP contribution in [0.3, 0.4) is 0 Å². The zero-order chi connectivity index (χ0) is 12.5. The van der Waals surface area contributed by atoms with Crippen LogP contribution >= 0.6 is 0 Å². The minimum Gasteiger partial charge on any atom is -0.330 e. The Morgan fingerprint density at radius 3 is 2.88 bits per heavy atom. The van der Waals surface area contributed by atoms with E-state index in [1.165, 1.54) is 6.20 Å². The molecule has 2 rings (SSSR count). The van der Waals surface area contributed by atoms with E-state index in [1.807, 2.05) is 13.8 Å². The third kappa shape index (κ3) is 2.36. The van der Waals surface area contributed by atoms with Gasteiger partial charge in [0.05, 0.1) is 11.7 Å². The third-order valence-electron chi connectivity index (χ3n) is 2.94. The summed E-state index contributed by atoms with van der Waals surface area (Å²) in [7, 11) is 0. The Morgan fingerprint density at radius 1 is 1.53 bits per heavy atom. The van der Waals surface area contributed by atoms with Crippen LogP contribution in [0.5, 0.6) is 0 Å². The second kappa shape index (κ2) is 4.29. The fraction of sp³-hybridized carbons (Fsp3) is 0.545. The SMILES string of the molecule is CC1(C)CNCCN1C(=O)c1c[nH]c(=O)cn1. The van der Waals surface area contributed by atoms with E-state index in [0.29, 0.717) is 6.54 Å². The Bertz CT molecular complexity index is 460. The maximum absolute atomic E-state index is 12.2. The van der Waals surface area contributed by atoms with Crippen LogP contribution in [0.25, 0.3) is 0 Å². The highest BCUT2D eigenvalue weighted by Gasteiger charge is 2.34. The molecule has 0 aromatic carbocycles. The van der Waals surface area contributed by atoms with E-state index in [0.717, 1.165) is 19.3 Å². The standard InChI is InChI=1S/C11H16N4O2/c1-11(2)7-12-3-4-15(11)10(17)8-5-14-9(16)6-13-8/h5-6,12H,3-4,7H2,1-2H3,(H,14,16). The number of piperazine rings is 1. The third-order valence-corrected chi connectivity index (χ3v) is 2.94. The van der Waals surface area contributed by atoms with Crippen molar-refractivity contribution < 1.29 is 4.79 Å². The molecule has 1 aliphatic rings. The molecular weight excluding hydrogens is 220 g/mol. The normalized spacial score (nSPS) is 19.1. The van der Waals surface area contributed by atoms with Crippen LogP contribution in [0.1, 0.15) is 24.3 Å². The van der Waals surface area contributed by atoms with E-state index in [2.05, 4.69) is 15.3 Å². The van der Waals surface area contributed by atoms with Gasteiger partial charge in [-0.3, -0.25) is 9.59 Å². The summed E-state index contributed by atoms with van der Waals surface area (Å²) in [5.74, 6) is -0.146. The molecule has 0 unspecified atom stereocenters. The number of carbonyl (C=O) groups excluding carboxylic acids is 1. The number of hydrogen-bond acceptors (Lipinski definition) is 4. The topological polar surface area (TPSA) is 78.1 Å². The summed E-state index contributed by atoms with van der Waals surface area (Å²) in [4.78, 5) is 31.2. The Morgan fingerprint density at radius 2 is 2.29 bits per heavy atom. The van der Waals surface area contributed by atoms with E-state index >= 15 is 0 Å². The molecule has 1 amide bonds. The second-order valence-electron chi connectivity index (χ2n) is 4.74. The molecule has 1 aromatic heterocycles. The lowest BCUT2D eigenvalue weighted by Gasteiger charge is -2.42. The van der Waals surface area contributed by atoms with Gasteiger partial charge in [-0.25, -0.2) is 4.98 Å². The highest BCUT2D eigenvalue weighted by atomic mass is 16.2. The van der Waals surface area contributed by atoms with Gasteiger partial charge in [-0.1, -0.05) is 0 Å².